The number of aromatic nitrogens is 3. The van der Waals surface area contributed by atoms with Crippen LogP contribution in [-0.2, 0) is 20.0 Å². The largest absolute Gasteiger partial charge is 0.345 e. The summed E-state index contributed by atoms with van der Waals surface area (Å²) in [7, 11) is 3.52. The Labute approximate surface area is 126 Å². The van der Waals surface area contributed by atoms with Crippen molar-refractivity contribution >= 4 is 17.2 Å². The Kier molecular flexibility index (Phi) is 3.67. The first kappa shape index (κ1) is 14.1. The third-order valence-electron chi connectivity index (χ3n) is 4.11. The summed E-state index contributed by atoms with van der Waals surface area (Å²) >= 11 is 1.53. The van der Waals surface area contributed by atoms with Gasteiger partial charge in [0, 0.05) is 38.5 Å². The molecule has 6 nitrogen and oxygen atoms in total. The molecule has 1 atom stereocenters. The van der Waals surface area contributed by atoms with Crippen molar-refractivity contribution in [3.05, 3.63) is 38.7 Å². The lowest BCUT2D eigenvalue weighted by molar-refractivity contribution is 0.0716. The molecule has 0 aromatic carbocycles. The Morgan fingerprint density at radius 1 is 1.48 bits per heavy atom. The monoisotopic (exact) mass is 306 g/mol. The molecule has 1 aliphatic rings. The number of hydrogen-bond acceptors (Lipinski definition) is 4. The van der Waals surface area contributed by atoms with Crippen molar-refractivity contribution in [2.75, 3.05) is 7.05 Å². The number of rotatable bonds is 2. The number of carbonyl (C=O) groups excluding carboxylic acids is 1. The fraction of sp³-hybridized carbons (Fsp3) is 0.500. The quantitative estimate of drug-likeness (QED) is 0.835. The van der Waals surface area contributed by atoms with Crippen LogP contribution in [0.2, 0.25) is 0 Å². The highest BCUT2D eigenvalue weighted by atomic mass is 32.1. The summed E-state index contributed by atoms with van der Waals surface area (Å²) in [5.41, 5.74) is 0.665. The smallest absolute Gasteiger partial charge is 0.339 e. The lowest BCUT2D eigenvalue weighted by Gasteiger charge is -2.26. The van der Waals surface area contributed by atoms with Gasteiger partial charge in [-0.15, -0.1) is 0 Å². The van der Waals surface area contributed by atoms with Gasteiger partial charge in [-0.05, 0) is 24.3 Å². The van der Waals surface area contributed by atoms with Gasteiger partial charge in [-0.3, -0.25) is 9.36 Å². The molecule has 2 aromatic rings. The van der Waals surface area contributed by atoms with Crippen LogP contribution >= 0.6 is 11.3 Å². The van der Waals surface area contributed by atoms with Gasteiger partial charge in [0.25, 0.3) is 5.91 Å². The lowest BCUT2D eigenvalue weighted by Crippen LogP contribution is -2.37. The van der Waals surface area contributed by atoms with Crippen molar-refractivity contribution in [3.63, 3.8) is 0 Å². The normalized spacial score (nSPS) is 18.1. The van der Waals surface area contributed by atoms with Crippen LogP contribution in [0.3, 0.4) is 0 Å². The summed E-state index contributed by atoms with van der Waals surface area (Å²) in [5, 5.41) is 8.05. The molecule has 0 aliphatic carbocycles. The first-order valence-corrected chi connectivity index (χ1v) is 7.94. The Hall–Kier alpha value is -1.89. The van der Waals surface area contributed by atoms with Gasteiger partial charge >= 0.3 is 5.69 Å². The molecule has 0 bridgehead atoms. The zero-order valence-corrected chi connectivity index (χ0v) is 13.0. The maximum atomic E-state index is 12.4. The van der Waals surface area contributed by atoms with E-state index in [2.05, 4.69) is 5.10 Å². The highest BCUT2D eigenvalue weighted by Gasteiger charge is 2.25. The topological polar surface area (TPSA) is 60.1 Å². The molecular formula is C14H18N4O2S. The second kappa shape index (κ2) is 5.48. The molecule has 0 saturated heterocycles. The molecular weight excluding hydrogens is 288 g/mol. The Morgan fingerprint density at radius 3 is 3.00 bits per heavy atom. The van der Waals surface area contributed by atoms with E-state index in [-0.39, 0.29) is 17.6 Å². The van der Waals surface area contributed by atoms with Crippen LogP contribution in [0.5, 0.6) is 0 Å². The van der Waals surface area contributed by atoms with Crippen molar-refractivity contribution < 1.29 is 4.79 Å². The van der Waals surface area contributed by atoms with Gasteiger partial charge in [-0.2, -0.15) is 16.4 Å². The van der Waals surface area contributed by atoms with E-state index >= 15 is 0 Å². The third-order valence-corrected chi connectivity index (χ3v) is 4.79. The van der Waals surface area contributed by atoms with Gasteiger partial charge in [0.2, 0.25) is 0 Å². The number of hydrogen-bond donors (Lipinski definition) is 0. The maximum Gasteiger partial charge on any atom is 0.345 e. The third kappa shape index (κ3) is 2.53. The summed E-state index contributed by atoms with van der Waals surface area (Å²) in [5.74, 6) is 0.870. The van der Waals surface area contributed by atoms with Gasteiger partial charge in [0.1, 0.15) is 5.82 Å². The van der Waals surface area contributed by atoms with Crippen LogP contribution in [0, 0.1) is 0 Å². The Bertz CT molecular complexity index is 701. The zero-order valence-electron chi connectivity index (χ0n) is 12.2. The number of nitrogens with zero attached hydrogens (tertiary/aromatic N) is 4. The van der Waals surface area contributed by atoms with Gasteiger partial charge in [-0.1, -0.05) is 0 Å². The summed E-state index contributed by atoms with van der Waals surface area (Å²) in [6.07, 6.45) is 2.34. The van der Waals surface area contributed by atoms with E-state index in [1.807, 2.05) is 23.9 Å². The van der Waals surface area contributed by atoms with E-state index in [4.69, 9.17) is 0 Å². The number of thiophene rings is 1. The first-order valence-electron chi connectivity index (χ1n) is 7.00. The number of amides is 1. The second-order valence-electron chi connectivity index (χ2n) is 5.38. The van der Waals surface area contributed by atoms with Crippen LogP contribution in [0.25, 0.3) is 0 Å². The van der Waals surface area contributed by atoms with Crippen LogP contribution < -0.4 is 5.69 Å². The zero-order chi connectivity index (χ0) is 15.0. The van der Waals surface area contributed by atoms with Crippen LogP contribution in [0.1, 0.15) is 29.0 Å². The van der Waals surface area contributed by atoms with E-state index in [0.29, 0.717) is 6.54 Å². The predicted octanol–water partition coefficient (Wildman–Crippen LogP) is 1.12. The molecule has 112 valence electrons. The lowest BCUT2D eigenvalue weighted by atomic mass is 10.1. The Balaban J connectivity index is 1.75. The predicted molar refractivity (Wildman–Crippen MR) is 80.6 cm³/mol. The Morgan fingerprint density at radius 2 is 2.29 bits per heavy atom. The fourth-order valence-electron chi connectivity index (χ4n) is 2.83. The summed E-state index contributed by atoms with van der Waals surface area (Å²) < 4.78 is 3.11. The molecule has 1 aliphatic heterocycles. The highest BCUT2D eigenvalue weighted by molar-refractivity contribution is 7.08. The summed E-state index contributed by atoms with van der Waals surface area (Å²) in [6.45, 7) is 0.619. The van der Waals surface area contributed by atoms with Crippen molar-refractivity contribution in [3.8, 4) is 0 Å². The summed E-state index contributed by atoms with van der Waals surface area (Å²) in [4.78, 5) is 26.1. The van der Waals surface area contributed by atoms with E-state index < -0.39 is 0 Å². The van der Waals surface area contributed by atoms with E-state index in [0.717, 1.165) is 30.7 Å². The number of carbonyl (C=O) groups is 1. The molecule has 3 rings (SSSR count). The van der Waals surface area contributed by atoms with E-state index in [1.165, 1.54) is 16.0 Å². The molecule has 1 amide bonds. The van der Waals surface area contributed by atoms with Crippen molar-refractivity contribution in [2.45, 2.75) is 31.8 Å². The average molecular weight is 306 g/mol. The molecule has 1 unspecified atom stereocenters. The summed E-state index contributed by atoms with van der Waals surface area (Å²) in [6, 6.07) is 1.99. The van der Waals surface area contributed by atoms with Crippen molar-refractivity contribution in [2.24, 2.45) is 7.05 Å². The van der Waals surface area contributed by atoms with Crippen molar-refractivity contribution in [1.82, 2.24) is 19.2 Å². The average Bonchev–Trinajstić information content (AvgIpc) is 3.04. The fourth-order valence-corrected chi connectivity index (χ4v) is 3.46. The molecule has 0 N–H and O–H groups in total. The van der Waals surface area contributed by atoms with Crippen molar-refractivity contribution in [1.29, 1.82) is 0 Å². The first-order chi connectivity index (χ1) is 10.1. The minimum absolute atomic E-state index is 0.0497. The van der Waals surface area contributed by atoms with Crippen LogP contribution in [-0.4, -0.2) is 38.2 Å². The van der Waals surface area contributed by atoms with E-state index in [1.54, 1.807) is 16.5 Å². The SMILES string of the molecule is CN(C(=O)c1ccsc1)C1CCc2nn(C)c(=O)n2CC1. The molecule has 2 aromatic heterocycles. The number of aryl methyl sites for hydroxylation is 2. The number of fused-ring (bicyclic) bond motifs is 1. The molecule has 3 heterocycles. The molecule has 0 spiro atoms. The van der Waals surface area contributed by atoms with Crippen LogP contribution in [0.15, 0.2) is 21.6 Å². The van der Waals surface area contributed by atoms with Crippen LogP contribution in [0.4, 0.5) is 0 Å². The molecule has 0 fully saturated rings. The highest BCUT2D eigenvalue weighted by Crippen LogP contribution is 2.19. The van der Waals surface area contributed by atoms with Gasteiger partial charge in [0.15, 0.2) is 0 Å². The molecule has 0 radical (unpaired) electrons. The maximum absolute atomic E-state index is 12.4. The molecule has 7 heteroatoms. The van der Waals surface area contributed by atoms with Gasteiger partial charge in [0.05, 0.1) is 5.56 Å². The minimum Gasteiger partial charge on any atom is -0.339 e. The van der Waals surface area contributed by atoms with Gasteiger partial charge in [-0.25, -0.2) is 9.48 Å². The second-order valence-corrected chi connectivity index (χ2v) is 6.16. The minimum atomic E-state index is -0.0718. The molecule has 21 heavy (non-hydrogen) atoms. The standard InChI is InChI=1S/C14H18N4O2S/c1-16(13(19)10-6-8-21-9-10)11-3-4-12-15-17(2)14(20)18(12)7-5-11/h6,8-9,11H,3-5,7H2,1-2H3. The van der Waals surface area contributed by atoms with Gasteiger partial charge < -0.3 is 4.90 Å². The van der Waals surface area contributed by atoms with E-state index in [9.17, 15) is 9.59 Å². The molecule has 0 saturated carbocycles.